The summed E-state index contributed by atoms with van der Waals surface area (Å²) in [7, 11) is 0. The summed E-state index contributed by atoms with van der Waals surface area (Å²) in [4.78, 5) is 11.6. The fourth-order valence-electron chi connectivity index (χ4n) is 2.02. The zero-order valence-electron chi connectivity index (χ0n) is 10.4. The molecule has 0 bridgehead atoms. The van der Waals surface area contributed by atoms with Crippen LogP contribution in [-0.4, -0.2) is 25.2 Å². The van der Waals surface area contributed by atoms with Crippen LogP contribution >= 0.6 is 23.2 Å². The molecule has 0 spiro atoms. The van der Waals surface area contributed by atoms with Crippen LogP contribution in [0, 0.1) is 0 Å². The molecule has 2 N–H and O–H groups in total. The molecule has 0 saturated carbocycles. The Balaban J connectivity index is 1.79. The molecular weight excluding hydrogens is 287 g/mol. The van der Waals surface area contributed by atoms with E-state index in [0.717, 1.165) is 31.5 Å². The smallest absolute Gasteiger partial charge is 0.407 e. The molecule has 19 heavy (non-hydrogen) atoms. The number of amides is 1. The summed E-state index contributed by atoms with van der Waals surface area (Å²) in [6.07, 6.45) is 1.46. The molecule has 6 heteroatoms. The Hall–Kier alpha value is -0.970. The van der Waals surface area contributed by atoms with E-state index in [1.807, 2.05) is 0 Å². The molecule has 0 atom stereocenters. The third-order valence-corrected chi connectivity index (χ3v) is 3.39. The van der Waals surface area contributed by atoms with Gasteiger partial charge in [-0.3, -0.25) is 0 Å². The minimum Gasteiger partial charge on any atom is -0.445 e. The Kier molecular flexibility index (Phi) is 5.31. The second-order valence-electron chi connectivity index (χ2n) is 4.52. The fourth-order valence-corrected chi connectivity index (χ4v) is 2.59. The van der Waals surface area contributed by atoms with Crippen molar-refractivity contribution in [3.63, 3.8) is 0 Å². The lowest BCUT2D eigenvalue weighted by Gasteiger charge is -2.23. The zero-order chi connectivity index (χ0) is 13.7. The average Bonchev–Trinajstić information content (AvgIpc) is 2.36. The first-order chi connectivity index (χ1) is 9.13. The van der Waals surface area contributed by atoms with Gasteiger partial charge < -0.3 is 15.4 Å². The van der Waals surface area contributed by atoms with Gasteiger partial charge in [0.1, 0.15) is 6.61 Å². The first-order valence-electron chi connectivity index (χ1n) is 6.22. The summed E-state index contributed by atoms with van der Waals surface area (Å²) >= 11 is 11.7. The third kappa shape index (κ3) is 4.90. The lowest BCUT2D eigenvalue weighted by Crippen LogP contribution is -2.42. The van der Waals surface area contributed by atoms with Crippen LogP contribution < -0.4 is 10.6 Å². The molecule has 1 amide bonds. The van der Waals surface area contributed by atoms with E-state index in [4.69, 9.17) is 27.9 Å². The van der Waals surface area contributed by atoms with Gasteiger partial charge in [-0.15, -0.1) is 0 Å². The lowest BCUT2D eigenvalue weighted by atomic mass is 10.1. The van der Waals surface area contributed by atoms with Gasteiger partial charge in [0, 0.05) is 16.1 Å². The van der Waals surface area contributed by atoms with E-state index in [-0.39, 0.29) is 12.6 Å². The van der Waals surface area contributed by atoms with Crippen LogP contribution in [0.2, 0.25) is 10.0 Å². The van der Waals surface area contributed by atoms with Crippen LogP contribution in [0.5, 0.6) is 0 Å². The molecule has 0 radical (unpaired) electrons. The van der Waals surface area contributed by atoms with Gasteiger partial charge >= 0.3 is 6.09 Å². The van der Waals surface area contributed by atoms with E-state index in [1.165, 1.54) is 0 Å². The summed E-state index contributed by atoms with van der Waals surface area (Å²) in [6, 6.07) is 5.29. The monoisotopic (exact) mass is 302 g/mol. The highest BCUT2D eigenvalue weighted by Gasteiger charge is 2.15. The van der Waals surface area contributed by atoms with Crippen LogP contribution in [0.25, 0.3) is 0 Å². The van der Waals surface area contributed by atoms with Crippen molar-refractivity contribution in [2.24, 2.45) is 0 Å². The van der Waals surface area contributed by atoms with Crippen molar-refractivity contribution in [2.45, 2.75) is 25.5 Å². The maximum Gasteiger partial charge on any atom is 0.407 e. The number of hydrogen-bond donors (Lipinski definition) is 2. The minimum absolute atomic E-state index is 0.164. The number of benzene rings is 1. The molecule has 2 rings (SSSR count). The molecular formula is C13H16Cl2N2O2. The Bertz CT molecular complexity index is 428. The van der Waals surface area contributed by atoms with Gasteiger partial charge in [0.25, 0.3) is 0 Å². The number of ether oxygens (including phenoxy) is 1. The quantitative estimate of drug-likeness (QED) is 0.902. The van der Waals surface area contributed by atoms with Gasteiger partial charge in [0.15, 0.2) is 0 Å². The highest BCUT2D eigenvalue weighted by atomic mass is 35.5. The van der Waals surface area contributed by atoms with Gasteiger partial charge in [0.2, 0.25) is 0 Å². The highest BCUT2D eigenvalue weighted by Crippen LogP contribution is 2.19. The highest BCUT2D eigenvalue weighted by molar-refractivity contribution is 6.34. The van der Waals surface area contributed by atoms with E-state index < -0.39 is 6.09 Å². The van der Waals surface area contributed by atoms with Crippen molar-refractivity contribution in [3.8, 4) is 0 Å². The number of carbonyl (C=O) groups is 1. The molecule has 1 heterocycles. The van der Waals surface area contributed by atoms with Crippen LogP contribution in [0.3, 0.4) is 0 Å². The molecule has 0 aliphatic carbocycles. The van der Waals surface area contributed by atoms with Crippen molar-refractivity contribution < 1.29 is 9.53 Å². The zero-order valence-corrected chi connectivity index (χ0v) is 11.9. The second kappa shape index (κ2) is 6.98. The Labute approximate surface area is 122 Å². The van der Waals surface area contributed by atoms with E-state index in [9.17, 15) is 4.79 Å². The van der Waals surface area contributed by atoms with E-state index in [2.05, 4.69) is 10.6 Å². The summed E-state index contributed by atoms with van der Waals surface area (Å²) in [6.45, 7) is 2.01. The number of piperidine rings is 1. The van der Waals surface area contributed by atoms with Gasteiger partial charge in [-0.2, -0.15) is 0 Å². The van der Waals surface area contributed by atoms with Gasteiger partial charge in [0.05, 0.1) is 0 Å². The lowest BCUT2D eigenvalue weighted by molar-refractivity contribution is 0.133. The van der Waals surface area contributed by atoms with Crippen LogP contribution in [0.1, 0.15) is 18.4 Å². The average molecular weight is 303 g/mol. The topological polar surface area (TPSA) is 50.4 Å². The molecule has 0 unspecified atom stereocenters. The maximum absolute atomic E-state index is 11.6. The summed E-state index contributed by atoms with van der Waals surface area (Å²) in [5.41, 5.74) is 0.776. The Morgan fingerprint density at radius 3 is 2.53 bits per heavy atom. The number of alkyl carbamates (subject to hydrolysis) is 1. The number of carbonyl (C=O) groups excluding carboxylic acids is 1. The maximum atomic E-state index is 11.6. The van der Waals surface area contributed by atoms with E-state index in [0.29, 0.717) is 10.0 Å². The minimum atomic E-state index is -0.400. The number of halogens is 2. The van der Waals surface area contributed by atoms with Crippen molar-refractivity contribution in [1.29, 1.82) is 0 Å². The van der Waals surface area contributed by atoms with Crippen molar-refractivity contribution in [2.75, 3.05) is 13.1 Å². The van der Waals surface area contributed by atoms with Crippen molar-refractivity contribution >= 4 is 29.3 Å². The molecule has 1 aromatic rings. The molecule has 4 nitrogen and oxygen atoms in total. The van der Waals surface area contributed by atoms with Crippen LogP contribution in [0.4, 0.5) is 4.79 Å². The first kappa shape index (κ1) is 14.4. The van der Waals surface area contributed by atoms with Gasteiger partial charge in [-0.1, -0.05) is 23.2 Å². The summed E-state index contributed by atoms with van der Waals surface area (Å²) in [5.74, 6) is 0. The van der Waals surface area contributed by atoms with Gasteiger partial charge in [-0.05, 0) is 49.7 Å². The normalized spacial score (nSPS) is 16.1. The molecule has 1 aliphatic rings. The first-order valence-corrected chi connectivity index (χ1v) is 6.98. The molecule has 1 aromatic carbocycles. The molecule has 104 valence electrons. The summed E-state index contributed by atoms with van der Waals surface area (Å²) in [5, 5.41) is 7.15. The SMILES string of the molecule is O=C(NC1CCNCC1)OCc1cc(Cl)cc(Cl)c1. The Morgan fingerprint density at radius 2 is 1.89 bits per heavy atom. The molecule has 0 aromatic heterocycles. The molecule has 1 aliphatic heterocycles. The van der Waals surface area contributed by atoms with Crippen molar-refractivity contribution in [3.05, 3.63) is 33.8 Å². The predicted octanol–water partition coefficient (Wildman–Crippen LogP) is 2.97. The number of nitrogens with one attached hydrogen (secondary N) is 2. The number of hydrogen-bond acceptors (Lipinski definition) is 3. The molecule has 1 fully saturated rings. The van der Waals surface area contributed by atoms with Crippen molar-refractivity contribution in [1.82, 2.24) is 10.6 Å². The standard InChI is InChI=1S/C13H16Cl2N2O2/c14-10-5-9(6-11(15)7-10)8-19-13(18)17-12-1-3-16-4-2-12/h5-7,12,16H,1-4,8H2,(H,17,18). The van der Waals surface area contributed by atoms with E-state index >= 15 is 0 Å². The van der Waals surface area contributed by atoms with Crippen LogP contribution in [-0.2, 0) is 11.3 Å². The largest absolute Gasteiger partial charge is 0.445 e. The number of rotatable bonds is 3. The summed E-state index contributed by atoms with van der Waals surface area (Å²) < 4.78 is 5.15. The van der Waals surface area contributed by atoms with Gasteiger partial charge in [-0.25, -0.2) is 4.79 Å². The third-order valence-electron chi connectivity index (χ3n) is 2.95. The predicted molar refractivity (Wildman–Crippen MR) is 75.7 cm³/mol. The molecule has 1 saturated heterocycles. The fraction of sp³-hybridized carbons (Fsp3) is 0.462. The van der Waals surface area contributed by atoms with E-state index in [1.54, 1.807) is 18.2 Å². The Morgan fingerprint density at radius 1 is 1.26 bits per heavy atom. The second-order valence-corrected chi connectivity index (χ2v) is 5.40. The van der Waals surface area contributed by atoms with Crippen LogP contribution in [0.15, 0.2) is 18.2 Å².